The smallest absolute Gasteiger partial charge is 0.256 e. The number of aromatic amines is 1. The molecular formula is C21H23ClFN7O. The molecule has 10 heteroatoms. The molecule has 3 aromatic rings. The fourth-order valence-electron chi connectivity index (χ4n) is 3.78. The van der Waals surface area contributed by atoms with Crippen LogP contribution >= 0.6 is 11.6 Å². The van der Waals surface area contributed by atoms with Crippen molar-refractivity contribution < 1.29 is 9.18 Å². The fourth-order valence-corrected chi connectivity index (χ4v) is 3.95. The zero-order valence-electron chi connectivity index (χ0n) is 17.0. The van der Waals surface area contributed by atoms with Gasteiger partial charge in [0.15, 0.2) is 11.6 Å². The fraction of sp³-hybridized carbons (Fsp3) is 0.333. The highest BCUT2D eigenvalue weighted by molar-refractivity contribution is 6.31. The Labute approximate surface area is 184 Å². The van der Waals surface area contributed by atoms with Crippen LogP contribution in [0.2, 0.25) is 5.02 Å². The lowest BCUT2D eigenvalue weighted by molar-refractivity contribution is 0.0685. The van der Waals surface area contributed by atoms with Gasteiger partial charge in [0.05, 0.1) is 10.6 Å². The van der Waals surface area contributed by atoms with Crippen LogP contribution < -0.4 is 11.1 Å². The van der Waals surface area contributed by atoms with Gasteiger partial charge in [-0.3, -0.25) is 9.89 Å². The van der Waals surface area contributed by atoms with Crippen molar-refractivity contribution in [2.75, 3.05) is 24.1 Å². The Balaban J connectivity index is 1.37. The molecule has 0 saturated carbocycles. The molecule has 31 heavy (non-hydrogen) atoms. The van der Waals surface area contributed by atoms with Crippen LogP contribution in [0.15, 0.2) is 30.3 Å². The van der Waals surface area contributed by atoms with E-state index in [9.17, 15) is 9.18 Å². The summed E-state index contributed by atoms with van der Waals surface area (Å²) in [5.74, 6) is 0.768. The number of piperidine rings is 1. The number of nitrogens with one attached hydrogen (secondary N) is 2. The number of aryl methyl sites for hydroxylation is 1. The van der Waals surface area contributed by atoms with Gasteiger partial charge >= 0.3 is 0 Å². The number of halogens is 2. The quantitative estimate of drug-likeness (QED) is 0.554. The van der Waals surface area contributed by atoms with E-state index in [-0.39, 0.29) is 22.4 Å². The van der Waals surface area contributed by atoms with E-state index >= 15 is 0 Å². The number of likely N-dealkylation sites (tertiary alicyclic amines) is 1. The summed E-state index contributed by atoms with van der Waals surface area (Å²) in [4.78, 5) is 22.9. The molecule has 0 aliphatic carbocycles. The molecule has 4 rings (SSSR count). The molecule has 3 heterocycles. The van der Waals surface area contributed by atoms with Crippen LogP contribution in [0.3, 0.4) is 0 Å². The molecule has 1 aliphatic heterocycles. The Bertz CT molecular complexity index is 1100. The van der Waals surface area contributed by atoms with Crippen LogP contribution in [0, 0.1) is 18.7 Å². The van der Waals surface area contributed by atoms with Crippen molar-refractivity contribution in [2.45, 2.75) is 26.2 Å². The molecule has 0 radical (unpaired) electrons. The highest BCUT2D eigenvalue weighted by Crippen LogP contribution is 2.26. The Morgan fingerprint density at radius 1 is 1.29 bits per heavy atom. The Kier molecular flexibility index (Phi) is 6.03. The van der Waals surface area contributed by atoms with Gasteiger partial charge in [-0.1, -0.05) is 17.7 Å². The number of nitrogens with two attached hydrogens (primary N) is 1. The van der Waals surface area contributed by atoms with E-state index in [1.165, 1.54) is 12.1 Å². The normalized spacial score (nSPS) is 14.6. The third kappa shape index (κ3) is 4.93. The van der Waals surface area contributed by atoms with E-state index in [0.717, 1.165) is 24.2 Å². The highest BCUT2D eigenvalue weighted by Gasteiger charge is 2.26. The lowest BCUT2D eigenvalue weighted by Crippen LogP contribution is -2.39. The first kappa shape index (κ1) is 21.0. The molecule has 0 bridgehead atoms. The van der Waals surface area contributed by atoms with Gasteiger partial charge in [0.1, 0.15) is 5.82 Å². The lowest BCUT2D eigenvalue weighted by Gasteiger charge is -2.32. The molecule has 2 aromatic heterocycles. The second-order valence-corrected chi connectivity index (χ2v) is 8.11. The van der Waals surface area contributed by atoms with Gasteiger partial charge in [-0.2, -0.15) is 10.1 Å². The number of H-pyrrole nitrogens is 1. The summed E-state index contributed by atoms with van der Waals surface area (Å²) in [5, 5.41) is 10.1. The Hall–Kier alpha value is -3.20. The SMILES string of the molecule is Cc1cc(Nc2cc(CC3CCN(C(=O)c4cccc(Cl)c4F)CC3)nc(N)n2)n[nH]1. The molecule has 0 spiro atoms. The van der Waals surface area contributed by atoms with Crippen molar-refractivity contribution in [2.24, 2.45) is 5.92 Å². The van der Waals surface area contributed by atoms with Gasteiger partial charge in [0.2, 0.25) is 5.95 Å². The summed E-state index contributed by atoms with van der Waals surface area (Å²) >= 11 is 5.81. The van der Waals surface area contributed by atoms with Crippen LogP contribution in [-0.4, -0.2) is 44.1 Å². The van der Waals surface area contributed by atoms with Crippen molar-refractivity contribution in [1.29, 1.82) is 0 Å². The molecule has 162 valence electrons. The number of aromatic nitrogens is 4. The number of carbonyl (C=O) groups is 1. The van der Waals surface area contributed by atoms with Gasteiger partial charge in [-0.25, -0.2) is 9.37 Å². The molecule has 0 atom stereocenters. The first-order chi connectivity index (χ1) is 14.9. The van der Waals surface area contributed by atoms with E-state index in [1.807, 2.05) is 19.1 Å². The summed E-state index contributed by atoms with van der Waals surface area (Å²) < 4.78 is 14.2. The number of hydrogen-bond donors (Lipinski definition) is 3. The third-order valence-corrected chi connectivity index (χ3v) is 5.63. The van der Waals surface area contributed by atoms with Crippen molar-refractivity contribution in [1.82, 2.24) is 25.1 Å². The summed E-state index contributed by atoms with van der Waals surface area (Å²) in [6, 6.07) is 8.21. The summed E-state index contributed by atoms with van der Waals surface area (Å²) in [5.41, 5.74) is 7.66. The first-order valence-electron chi connectivity index (χ1n) is 10.0. The number of nitrogens with zero attached hydrogens (tertiary/aromatic N) is 4. The van der Waals surface area contributed by atoms with Gasteiger partial charge in [-0.05, 0) is 44.2 Å². The number of nitrogen functional groups attached to an aromatic ring is 1. The van der Waals surface area contributed by atoms with Crippen LogP contribution in [0.25, 0.3) is 0 Å². The maximum atomic E-state index is 14.2. The molecule has 0 unspecified atom stereocenters. The predicted molar refractivity (Wildman–Crippen MR) is 117 cm³/mol. The number of carbonyl (C=O) groups excluding carboxylic acids is 1. The zero-order chi connectivity index (χ0) is 22.0. The predicted octanol–water partition coefficient (Wildman–Crippen LogP) is 3.72. The van der Waals surface area contributed by atoms with Crippen molar-refractivity contribution in [3.8, 4) is 0 Å². The minimum Gasteiger partial charge on any atom is -0.368 e. The highest BCUT2D eigenvalue weighted by atomic mass is 35.5. The minimum absolute atomic E-state index is 0.0128. The zero-order valence-corrected chi connectivity index (χ0v) is 17.8. The molecule has 1 aliphatic rings. The van der Waals surface area contributed by atoms with Gasteiger partial charge in [-0.15, -0.1) is 0 Å². The van der Waals surface area contributed by atoms with Gasteiger partial charge in [0.25, 0.3) is 5.91 Å². The van der Waals surface area contributed by atoms with E-state index in [0.29, 0.717) is 37.1 Å². The van der Waals surface area contributed by atoms with Crippen LogP contribution in [-0.2, 0) is 6.42 Å². The van der Waals surface area contributed by atoms with Crippen LogP contribution in [0.4, 0.5) is 22.0 Å². The summed E-state index contributed by atoms with van der Waals surface area (Å²) in [7, 11) is 0. The molecule has 4 N–H and O–H groups in total. The maximum absolute atomic E-state index is 14.2. The van der Waals surface area contributed by atoms with Gasteiger partial charge in [0, 0.05) is 36.6 Å². The van der Waals surface area contributed by atoms with Crippen molar-refractivity contribution in [3.63, 3.8) is 0 Å². The monoisotopic (exact) mass is 443 g/mol. The molecule has 1 amide bonds. The van der Waals surface area contributed by atoms with E-state index in [2.05, 4.69) is 25.5 Å². The lowest BCUT2D eigenvalue weighted by atomic mass is 9.91. The summed E-state index contributed by atoms with van der Waals surface area (Å²) in [6.45, 7) is 3.01. The Morgan fingerprint density at radius 3 is 2.77 bits per heavy atom. The average Bonchev–Trinajstić information content (AvgIpc) is 3.14. The minimum atomic E-state index is -0.667. The van der Waals surface area contributed by atoms with E-state index < -0.39 is 5.82 Å². The molecular weight excluding hydrogens is 421 g/mol. The third-order valence-electron chi connectivity index (χ3n) is 5.34. The molecule has 1 aromatic carbocycles. The number of amides is 1. The van der Waals surface area contributed by atoms with Crippen molar-refractivity contribution in [3.05, 3.63) is 58.1 Å². The number of anilines is 3. The largest absolute Gasteiger partial charge is 0.368 e. The van der Waals surface area contributed by atoms with E-state index in [4.69, 9.17) is 17.3 Å². The van der Waals surface area contributed by atoms with Crippen LogP contribution in [0.1, 0.15) is 34.6 Å². The van der Waals surface area contributed by atoms with Crippen LogP contribution in [0.5, 0.6) is 0 Å². The molecule has 1 fully saturated rings. The first-order valence-corrected chi connectivity index (χ1v) is 10.4. The topological polar surface area (TPSA) is 113 Å². The second-order valence-electron chi connectivity index (χ2n) is 7.70. The van der Waals surface area contributed by atoms with Crippen molar-refractivity contribution >= 4 is 35.1 Å². The number of benzene rings is 1. The summed E-state index contributed by atoms with van der Waals surface area (Å²) in [6.07, 6.45) is 2.30. The number of hydrogen-bond acceptors (Lipinski definition) is 6. The average molecular weight is 444 g/mol. The standard InChI is InChI=1S/C21H23ClFN7O/c1-12-9-18(29-28-12)26-17-11-14(25-21(24)27-17)10-13-5-7-30(8-6-13)20(31)15-3-2-4-16(22)19(15)23/h2-4,9,11,13H,5-8,10H2,1H3,(H4,24,25,26,27,28,29). The van der Waals surface area contributed by atoms with E-state index in [1.54, 1.807) is 11.0 Å². The van der Waals surface area contributed by atoms with Gasteiger partial charge < -0.3 is 16.0 Å². The second kappa shape index (κ2) is 8.89. The number of rotatable bonds is 5. The Morgan fingerprint density at radius 2 is 2.06 bits per heavy atom. The molecule has 1 saturated heterocycles. The molecule has 8 nitrogen and oxygen atoms in total. The maximum Gasteiger partial charge on any atom is 0.256 e.